The summed E-state index contributed by atoms with van der Waals surface area (Å²) in [7, 11) is 0. The maximum absolute atomic E-state index is 4.78. The molecule has 0 aliphatic rings. The summed E-state index contributed by atoms with van der Waals surface area (Å²) in [5, 5.41) is 7.10. The first-order chi connectivity index (χ1) is 6.90. The fourth-order valence-electron chi connectivity index (χ4n) is 1.32. The van der Waals surface area contributed by atoms with E-state index in [1.165, 1.54) is 0 Å². The van der Waals surface area contributed by atoms with E-state index >= 15 is 0 Å². The minimum absolute atomic E-state index is 0.869. The number of nitrogens with zero attached hydrogens (tertiary/aromatic N) is 1. The third-order valence-corrected chi connectivity index (χ3v) is 2.00. The van der Waals surface area contributed by atoms with Crippen LogP contribution in [0.2, 0.25) is 0 Å². The first kappa shape index (κ1) is 8.81. The molecular weight excluding hydrogens is 176 g/mol. The molecule has 3 nitrogen and oxygen atoms in total. The molecule has 0 radical (unpaired) electrons. The highest BCUT2D eigenvalue weighted by Gasteiger charge is 1.99. The molecule has 72 valence electrons. The molecule has 0 fully saturated rings. The first-order valence-corrected chi connectivity index (χ1v) is 4.65. The Bertz CT molecular complexity index is 378. The average molecular weight is 188 g/mol. The molecule has 0 saturated carbocycles. The Balaban J connectivity index is 2.22. The zero-order chi connectivity index (χ0) is 9.80. The predicted octanol–water partition coefficient (Wildman–Crippen LogP) is 2.77. The van der Waals surface area contributed by atoms with Gasteiger partial charge in [0.2, 0.25) is 0 Å². The van der Waals surface area contributed by atoms with Crippen molar-refractivity contribution in [2.75, 3.05) is 11.9 Å². The average Bonchev–Trinajstić information content (AvgIpc) is 2.72. The number of hydrogen-bond donors (Lipinski definition) is 1. The Kier molecular flexibility index (Phi) is 2.49. The fourth-order valence-corrected chi connectivity index (χ4v) is 1.32. The lowest BCUT2D eigenvalue weighted by Gasteiger charge is -2.02. The number of anilines is 1. The van der Waals surface area contributed by atoms with Crippen molar-refractivity contribution in [2.45, 2.75) is 6.92 Å². The van der Waals surface area contributed by atoms with Crippen molar-refractivity contribution in [1.29, 1.82) is 0 Å². The van der Waals surface area contributed by atoms with Gasteiger partial charge in [0, 0.05) is 23.9 Å². The molecular formula is C11H12N2O. The van der Waals surface area contributed by atoms with Crippen molar-refractivity contribution in [3.8, 4) is 11.3 Å². The van der Waals surface area contributed by atoms with Gasteiger partial charge in [-0.2, -0.15) is 0 Å². The summed E-state index contributed by atoms with van der Waals surface area (Å²) in [5.41, 5.74) is 3.06. The molecule has 0 saturated heterocycles. The topological polar surface area (TPSA) is 38.1 Å². The van der Waals surface area contributed by atoms with Crippen LogP contribution < -0.4 is 5.32 Å². The van der Waals surface area contributed by atoms with Gasteiger partial charge in [0.1, 0.15) is 12.0 Å². The van der Waals surface area contributed by atoms with E-state index in [-0.39, 0.29) is 0 Å². The summed E-state index contributed by atoms with van der Waals surface area (Å²) < 4.78 is 4.78. The summed E-state index contributed by atoms with van der Waals surface area (Å²) in [4.78, 5) is 0. The third kappa shape index (κ3) is 1.76. The van der Waals surface area contributed by atoms with Gasteiger partial charge in [-0.3, -0.25) is 0 Å². The molecule has 0 unspecified atom stereocenters. The monoisotopic (exact) mass is 188 g/mol. The molecule has 0 amide bonds. The predicted molar refractivity (Wildman–Crippen MR) is 56.1 cm³/mol. The van der Waals surface area contributed by atoms with Gasteiger partial charge in [-0.25, -0.2) is 0 Å². The Hall–Kier alpha value is -1.77. The van der Waals surface area contributed by atoms with E-state index in [0.29, 0.717) is 0 Å². The highest BCUT2D eigenvalue weighted by molar-refractivity contribution is 5.61. The maximum atomic E-state index is 4.78. The molecule has 3 heteroatoms. The lowest BCUT2D eigenvalue weighted by molar-refractivity contribution is 0.422. The second-order valence-electron chi connectivity index (χ2n) is 2.99. The third-order valence-electron chi connectivity index (χ3n) is 2.00. The van der Waals surface area contributed by atoms with E-state index in [0.717, 1.165) is 23.5 Å². The second-order valence-corrected chi connectivity index (χ2v) is 2.99. The lowest BCUT2D eigenvalue weighted by Crippen LogP contribution is -1.95. The standard InChI is InChI=1S/C11H12N2O/c1-2-12-10-5-3-9(4-6-10)11-7-8-14-13-11/h3-8,12H,2H2,1H3. The highest BCUT2D eigenvalue weighted by atomic mass is 16.5. The van der Waals surface area contributed by atoms with Crippen LogP contribution >= 0.6 is 0 Å². The van der Waals surface area contributed by atoms with Crippen LogP contribution in [0.15, 0.2) is 41.1 Å². The van der Waals surface area contributed by atoms with Crippen molar-refractivity contribution >= 4 is 5.69 Å². The number of rotatable bonds is 3. The van der Waals surface area contributed by atoms with Gasteiger partial charge in [0.25, 0.3) is 0 Å². The largest absolute Gasteiger partial charge is 0.385 e. The van der Waals surface area contributed by atoms with Gasteiger partial charge >= 0.3 is 0 Å². The van der Waals surface area contributed by atoms with E-state index in [9.17, 15) is 0 Å². The minimum atomic E-state index is 0.869. The summed E-state index contributed by atoms with van der Waals surface area (Å²) >= 11 is 0. The van der Waals surface area contributed by atoms with Gasteiger partial charge in [-0.1, -0.05) is 17.3 Å². The molecule has 0 aliphatic heterocycles. The first-order valence-electron chi connectivity index (χ1n) is 4.65. The highest BCUT2D eigenvalue weighted by Crippen LogP contribution is 2.19. The van der Waals surface area contributed by atoms with Crippen LogP contribution in [-0.4, -0.2) is 11.7 Å². The lowest BCUT2D eigenvalue weighted by atomic mass is 10.1. The van der Waals surface area contributed by atoms with Crippen molar-refractivity contribution in [1.82, 2.24) is 5.16 Å². The van der Waals surface area contributed by atoms with Crippen molar-refractivity contribution in [2.24, 2.45) is 0 Å². The number of hydrogen-bond acceptors (Lipinski definition) is 3. The molecule has 0 aliphatic carbocycles. The second kappa shape index (κ2) is 3.96. The minimum Gasteiger partial charge on any atom is -0.385 e. The van der Waals surface area contributed by atoms with Crippen molar-refractivity contribution in [3.63, 3.8) is 0 Å². The molecule has 0 atom stereocenters. The molecule has 2 aromatic rings. The Morgan fingerprint density at radius 1 is 1.21 bits per heavy atom. The van der Waals surface area contributed by atoms with Crippen LogP contribution in [0.5, 0.6) is 0 Å². The van der Waals surface area contributed by atoms with Gasteiger partial charge < -0.3 is 9.84 Å². The number of benzene rings is 1. The molecule has 1 heterocycles. The van der Waals surface area contributed by atoms with Gasteiger partial charge in [-0.15, -0.1) is 0 Å². The Morgan fingerprint density at radius 2 is 2.00 bits per heavy atom. The molecule has 1 N–H and O–H groups in total. The molecule has 1 aromatic carbocycles. The molecule has 0 bridgehead atoms. The van der Waals surface area contributed by atoms with Gasteiger partial charge in [0.15, 0.2) is 0 Å². The summed E-state index contributed by atoms with van der Waals surface area (Å²) in [6, 6.07) is 9.97. The maximum Gasteiger partial charge on any atom is 0.124 e. The van der Waals surface area contributed by atoms with E-state index in [1.807, 2.05) is 30.3 Å². The summed E-state index contributed by atoms with van der Waals surface area (Å²) in [5.74, 6) is 0. The van der Waals surface area contributed by atoms with Crippen LogP contribution in [0.3, 0.4) is 0 Å². The van der Waals surface area contributed by atoms with Crippen molar-refractivity contribution in [3.05, 3.63) is 36.6 Å². The summed E-state index contributed by atoms with van der Waals surface area (Å²) in [6.07, 6.45) is 1.58. The van der Waals surface area contributed by atoms with Gasteiger partial charge in [0.05, 0.1) is 0 Å². The van der Waals surface area contributed by atoms with E-state index < -0.39 is 0 Å². The smallest absolute Gasteiger partial charge is 0.124 e. The van der Waals surface area contributed by atoms with Crippen LogP contribution in [0.25, 0.3) is 11.3 Å². The Morgan fingerprint density at radius 3 is 2.57 bits per heavy atom. The van der Waals surface area contributed by atoms with Crippen LogP contribution in [0.1, 0.15) is 6.92 Å². The zero-order valence-electron chi connectivity index (χ0n) is 8.03. The van der Waals surface area contributed by atoms with E-state index in [4.69, 9.17) is 4.52 Å². The molecule has 2 rings (SSSR count). The van der Waals surface area contributed by atoms with Crippen LogP contribution in [0.4, 0.5) is 5.69 Å². The molecule has 14 heavy (non-hydrogen) atoms. The Labute approximate surface area is 82.7 Å². The van der Waals surface area contributed by atoms with Crippen LogP contribution in [-0.2, 0) is 0 Å². The van der Waals surface area contributed by atoms with E-state index in [2.05, 4.69) is 17.4 Å². The van der Waals surface area contributed by atoms with Crippen LogP contribution in [0, 0.1) is 0 Å². The van der Waals surface area contributed by atoms with E-state index in [1.54, 1.807) is 6.26 Å². The molecule has 0 spiro atoms. The fraction of sp³-hybridized carbons (Fsp3) is 0.182. The zero-order valence-corrected chi connectivity index (χ0v) is 8.03. The molecule has 1 aromatic heterocycles. The summed E-state index contributed by atoms with van der Waals surface area (Å²) in [6.45, 7) is 3.01. The normalized spacial score (nSPS) is 10.1. The SMILES string of the molecule is CCNc1ccc(-c2ccon2)cc1. The van der Waals surface area contributed by atoms with Crippen molar-refractivity contribution < 1.29 is 4.52 Å². The number of nitrogens with one attached hydrogen (secondary N) is 1. The number of aromatic nitrogens is 1. The quantitative estimate of drug-likeness (QED) is 0.804. The van der Waals surface area contributed by atoms with Gasteiger partial charge in [-0.05, 0) is 19.1 Å².